The summed E-state index contributed by atoms with van der Waals surface area (Å²) in [6.45, 7) is 6.86. The van der Waals surface area contributed by atoms with Crippen molar-refractivity contribution in [2.45, 2.75) is 65.2 Å². The largest absolute Gasteiger partial charge is 0.480 e. The molecule has 0 spiro atoms. The lowest BCUT2D eigenvalue weighted by molar-refractivity contribution is -0.384. The first kappa shape index (κ1) is 38.7. The number of carboxylic acid groups (broad SMARTS) is 2. The summed E-state index contributed by atoms with van der Waals surface area (Å²) in [5.74, 6) is -4.02. The number of thioether (sulfide) groups is 1. The Kier molecular flexibility index (Phi) is 13.3. The van der Waals surface area contributed by atoms with E-state index >= 15 is 0 Å². The van der Waals surface area contributed by atoms with Gasteiger partial charge in [0.25, 0.3) is 5.69 Å². The first-order valence-corrected chi connectivity index (χ1v) is 16.4. The van der Waals surface area contributed by atoms with Gasteiger partial charge < -0.3 is 36.4 Å². The zero-order valence-electron chi connectivity index (χ0n) is 27.8. The maximum atomic E-state index is 13.5. The Labute approximate surface area is 291 Å². The van der Waals surface area contributed by atoms with Gasteiger partial charge in [0.1, 0.15) is 18.1 Å². The molecule has 0 aliphatic carbocycles. The maximum absolute atomic E-state index is 13.5. The maximum Gasteiger partial charge on any atom is 0.327 e. The van der Waals surface area contributed by atoms with Crippen LogP contribution < -0.4 is 21.3 Å². The van der Waals surface area contributed by atoms with Crippen LogP contribution in [0.15, 0.2) is 47.5 Å². The van der Waals surface area contributed by atoms with Crippen LogP contribution in [-0.2, 0) is 30.5 Å². The highest BCUT2D eigenvalue weighted by molar-refractivity contribution is 7.99. The zero-order valence-corrected chi connectivity index (χ0v) is 28.6. The van der Waals surface area contributed by atoms with Crippen LogP contribution in [0.3, 0.4) is 0 Å². The van der Waals surface area contributed by atoms with Gasteiger partial charge in [0, 0.05) is 49.1 Å². The quantitative estimate of drug-likeness (QED) is 0.0412. The number of non-ortho nitro benzene ring substituents is 1. The number of guanidine groups is 1. The van der Waals surface area contributed by atoms with Crippen LogP contribution >= 0.6 is 11.8 Å². The normalized spacial score (nSPS) is 15.1. The number of hydrogen-bond donors (Lipinski definition) is 6. The molecule has 2 aromatic carbocycles. The minimum atomic E-state index is -1.36. The molecule has 18 heteroatoms. The molecule has 3 amide bonds. The summed E-state index contributed by atoms with van der Waals surface area (Å²) in [7, 11) is 0. The standard InChI is InChI=1S/C32H38N8O9S/c1-18(41)39-15-19-13-21(36-31(34-17-33)35-20-5-8-22(9-6-20)40(48)49)7-10-23(19)27(39)28(43)38-25(30(46)47)16-50-12-11-24(29(44)45)37-26(42)14-32(2,3)4/h5-10,13,24-25,27H,11-12,14-16H2,1-4H3,(H,37,42)(H,38,43)(H,44,45)(H,46,47)(H2,34,35,36). The van der Waals surface area contributed by atoms with Crippen molar-refractivity contribution in [2.24, 2.45) is 10.4 Å². The van der Waals surface area contributed by atoms with Gasteiger partial charge in [-0.3, -0.25) is 24.5 Å². The number of aliphatic carboxylic acids is 2. The van der Waals surface area contributed by atoms with Gasteiger partial charge in [0.15, 0.2) is 0 Å². The van der Waals surface area contributed by atoms with Crippen molar-refractivity contribution in [3.8, 4) is 6.19 Å². The molecule has 1 aliphatic rings. The van der Waals surface area contributed by atoms with Gasteiger partial charge in [-0.1, -0.05) is 26.8 Å². The molecule has 3 atom stereocenters. The van der Waals surface area contributed by atoms with Crippen molar-refractivity contribution in [3.05, 3.63) is 63.7 Å². The molecule has 0 fully saturated rings. The van der Waals surface area contributed by atoms with E-state index in [1.54, 1.807) is 24.4 Å². The molecule has 17 nitrogen and oxygen atoms in total. The lowest BCUT2D eigenvalue weighted by atomic mass is 9.92. The molecule has 50 heavy (non-hydrogen) atoms. The predicted octanol–water partition coefficient (Wildman–Crippen LogP) is 3.06. The Balaban J connectivity index is 1.67. The van der Waals surface area contributed by atoms with Gasteiger partial charge in [-0.2, -0.15) is 17.0 Å². The molecule has 0 saturated carbocycles. The third-order valence-electron chi connectivity index (χ3n) is 7.28. The predicted molar refractivity (Wildman–Crippen MR) is 184 cm³/mol. The average molecular weight is 711 g/mol. The molecule has 0 radical (unpaired) electrons. The molecule has 6 N–H and O–H groups in total. The van der Waals surface area contributed by atoms with Crippen LogP contribution in [0.2, 0.25) is 0 Å². The van der Waals surface area contributed by atoms with Crippen molar-refractivity contribution >= 4 is 64.4 Å². The minimum absolute atomic E-state index is 0.000723. The van der Waals surface area contributed by atoms with Crippen molar-refractivity contribution in [3.63, 3.8) is 0 Å². The van der Waals surface area contributed by atoms with Crippen molar-refractivity contribution in [1.82, 2.24) is 15.5 Å². The number of nitrogens with zero attached hydrogens (tertiary/aromatic N) is 4. The number of hydrogen-bond acceptors (Lipinski definition) is 10. The van der Waals surface area contributed by atoms with E-state index in [1.807, 2.05) is 20.8 Å². The SMILES string of the molecule is CC(=O)N1Cc2cc(NC(=NC#N)Nc3ccc([N+](=O)[O-])cc3)ccc2C1C(=O)NC(CSCCC(NC(=O)CC(C)(C)C)C(=O)O)C(=O)O. The number of anilines is 2. The van der Waals surface area contributed by atoms with E-state index in [0.29, 0.717) is 22.5 Å². The molecular weight excluding hydrogens is 672 g/mol. The van der Waals surface area contributed by atoms with Gasteiger partial charge in [-0.05, 0) is 53.0 Å². The minimum Gasteiger partial charge on any atom is -0.480 e. The van der Waals surface area contributed by atoms with E-state index in [2.05, 4.69) is 26.3 Å². The Morgan fingerprint density at radius 1 is 1.04 bits per heavy atom. The Morgan fingerprint density at radius 2 is 1.66 bits per heavy atom. The number of carbonyl (C=O) groups excluding carboxylic acids is 3. The first-order chi connectivity index (χ1) is 23.5. The van der Waals surface area contributed by atoms with Crippen LogP contribution in [0.4, 0.5) is 17.1 Å². The summed E-state index contributed by atoms with van der Waals surface area (Å²) in [5, 5.41) is 50.2. The topological polar surface area (TPSA) is 256 Å². The molecule has 0 saturated heterocycles. The van der Waals surface area contributed by atoms with E-state index < -0.39 is 52.7 Å². The highest BCUT2D eigenvalue weighted by Crippen LogP contribution is 2.36. The van der Waals surface area contributed by atoms with Gasteiger partial charge in [-0.15, -0.1) is 4.99 Å². The summed E-state index contributed by atoms with van der Waals surface area (Å²) >= 11 is 1.10. The number of fused-ring (bicyclic) bond motifs is 1. The van der Waals surface area contributed by atoms with E-state index in [9.17, 15) is 44.3 Å². The van der Waals surface area contributed by atoms with Crippen LogP contribution in [0.1, 0.15) is 57.7 Å². The molecule has 0 aromatic heterocycles. The highest BCUT2D eigenvalue weighted by Gasteiger charge is 2.39. The zero-order chi connectivity index (χ0) is 37.2. The molecule has 266 valence electrons. The number of aliphatic imine (C=N–C) groups is 1. The van der Waals surface area contributed by atoms with Gasteiger partial charge >= 0.3 is 11.9 Å². The molecule has 2 aromatic rings. The molecule has 3 unspecified atom stereocenters. The van der Waals surface area contributed by atoms with Crippen molar-refractivity contribution < 1.29 is 39.1 Å². The fourth-order valence-electron chi connectivity index (χ4n) is 4.99. The van der Waals surface area contributed by atoms with Gasteiger partial charge in [0.2, 0.25) is 29.9 Å². The number of nitriles is 1. The van der Waals surface area contributed by atoms with Crippen molar-refractivity contribution in [1.29, 1.82) is 5.26 Å². The second-order valence-electron chi connectivity index (χ2n) is 12.5. The molecule has 1 heterocycles. The summed E-state index contributed by atoms with van der Waals surface area (Å²) < 4.78 is 0. The number of nitro groups is 1. The summed E-state index contributed by atoms with van der Waals surface area (Å²) in [5.41, 5.74) is 1.42. The Bertz CT molecular complexity index is 1700. The van der Waals surface area contributed by atoms with Crippen LogP contribution in [0.5, 0.6) is 0 Å². The van der Waals surface area contributed by atoms with E-state index in [0.717, 1.165) is 11.8 Å². The monoisotopic (exact) mass is 710 g/mol. The number of rotatable bonds is 14. The second-order valence-corrected chi connectivity index (χ2v) is 13.7. The van der Waals surface area contributed by atoms with Gasteiger partial charge in [-0.25, -0.2) is 9.59 Å². The summed E-state index contributed by atoms with van der Waals surface area (Å²) in [6, 6.07) is 6.60. The lowest BCUT2D eigenvalue weighted by Crippen LogP contribution is -2.47. The second kappa shape index (κ2) is 17.1. The third-order valence-corrected chi connectivity index (χ3v) is 8.38. The van der Waals surface area contributed by atoms with E-state index in [4.69, 9.17) is 5.26 Å². The Hall–Kier alpha value is -5.70. The fraction of sp³-hybridized carbons (Fsp3) is 0.406. The summed E-state index contributed by atoms with van der Waals surface area (Å²) in [4.78, 5) is 77.4. The van der Waals surface area contributed by atoms with E-state index in [-0.39, 0.29) is 48.0 Å². The number of carbonyl (C=O) groups is 5. The molecule has 3 rings (SSSR count). The molecule has 1 aliphatic heterocycles. The number of nitro benzene ring substituents is 1. The first-order valence-electron chi connectivity index (χ1n) is 15.3. The fourth-order valence-corrected chi connectivity index (χ4v) is 6.03. The van der Waals surface area contributed by atoms with Crippen LogP contribution in [0, 0.1) is 27.0 Å². The van der Waals surface area contributed by atoms with Gasteiger partial charge in [0.05, 0.1) is 4.92 Å². The number of amides is 3. The third kappa shape index (κ3) is 11.2. The molecular formula is C32H38N8O9S. The average Bonchev–Trinajstić information content (AvgIpc) is 3.40. The van der Waals surface area contributed by atoms with Crippen LogP contribution in [-0.4, -0.2) is 79.2 Å². The van der Waals surface area contributed by atoms with Crippen LogP contribution in [0.25, 0.3) is 0 Å². The highest BCUT2D eigenvalue weighted by atomic mass is 32.2. The molecule has 0 bridgehead atoms. The van der Waals surface area contributed by atoms with Crippen molar-refractivity contribution in [2.75, 3.05) is 22.1 Å². The number of nitrogens with one attached hydrogen (secondary N) is 4. The number of carboxylic acids is 2. The summed E-state index contributed by atoms with van der Waals surface area (Å²) in [6.07, 6.45) is 1.83. The van der Waals surface area contributed by atoms with E-state index in [1.165, 1.54) is 36.1 Å². The number of benzene rings is 2. The Morgan fingerprint density at radius 3 is 2.22 bits per heavy atom. The lowest BCUT2D eigenvalue weighted by Gasteiger charge is -2.25. The smallest absolute Gasteiger partial charge is 0.327 e.